The molecule has 0 aliphatic rings. The fourth-order valence-electron chi connectivity index (χ4n) is 2.08. The normalized spacial score (nSPS) is 13.6. The molecule has 0 fully saturated rings. The summed E-state index contributed by atoms with van der Waals surface area (Å²) in [6, 6.07) is 19.4. The third-order valence-electron chi connectivity index (χ3n) is 3.54. The number of hydrogen-bond acceptors (Lipinski definition) is 1. The summed E-state index contributed by atoms with van der Waals surface area (Å²) in [5.41, 5.74) is 1.48. The van der Waals surface area contributed by atoms with Crippen molar-refractivity contribution in [2.24, 2.45) is 0 Å². The summed E-state index contributed by atoms with van der Waals surface area (Å²) in [6.07, 6.45) is 0.843. The minimum absolute atomic E-state index is 0.0335. The van der Waals surface area contributed by atoms with Crippen LogP contribution < -0.4 is 5.32 Å². The van der Waals surface area contributed by atoms with E-state index in [4.69, 9.17) is 0 Å². The maximum Gasteiger partial charge on any atom is 0.251 e. The molecule has 1 amide bonds. The smallest absolute Gasteiger partial charge is 0.251 e. The number of amides is 1. The van der Waals surface area contributed by atoms with E-state index < -0.39 is 0 Å². The first-order valence-electron chi connectivity index (χ1n) is 6.59. The Labute approximate surface area is 114 Å². The number of rotatable bonds is 4. The second-order valence-electron chi connectivity index (χ2n) is 4.87. The van der Waals surface area contributed by atoms with Crippen molar-refractivity contribution >= 4 is 5.91 Å². The van der Waals surface area contributed by atoms with Crippen LogP contribution in [0.15, 0.2) is 60.7 Å². The van der Waals surface area contributed by atoms with E-state index in [1.807, 2.05) is 48.5 Å². The lowest BCUT2D eigenvalue weighted by molar-refractivity contribution is 0.0902. The number of nitrogens with one attached hydrogen (secondary N) is 1. The first-order chi connectivity index (χ1) is 9.15. The molecule has 0 bridgehead atoms. The minimum Gasteiger partial charge on any atom is -0.343 e. The van der Waals surface area contributed by atoms with Crippen LogP contribution in [-0.2, 0) is 5.54 Å². The molecule has 0 saturated carbocycles. The molecule has 0 unspecified atom stereocenters. The van der Waals surface area contributed by atoms with Gasteiger partial charge in [-0.25, -0.2) is 0 Å². The van der Waals surface area contributed by atoms with Gasteiger partial charge in [0, 0.05) is 5.56 Å². The Morgan fingerprint density at radius 3 is 2.05 bits per heavy atom. The van der Waals surface area contributed by atoms with E-state index >= 15 is 0 Å². The zero-order valence-corrected chi connectivity index (χ0v) is 11.4. The van der Waals surface area contributed by atoms with Gasteiger partial charge in [-0.2, -0.15) is 0 Å². The van der Waals surface area contributed by atoms with Crippen LogP contribution in [0.1, 0.15) is 36.2 Å². The molecule has 2 nitrogen and oxygen atoms in total. The van der Waals surface area contributed by atoms with E-state index in [1.165, 1.54) is 0 Å². The monoisotopic (exact) mass is 253 g/mol. The number of hydrogen-bond donors (Lipinski definition) is 1. The predicted octanol–water partition coefficient (Wildman–Crippen LogP) is 3.74. The Bertz CT molecular complexity index is 536. The fraction of sp³-hybridized carbons (Fsp3) is 0.235. The summed E-state index contributed by atoms with van der Waals surface area (Å²) >= 11 is 0. The second-order valence-corrected chi connectivity index (χ2v) is 4.87. The van der Waals surface area contributed by atoms with Gasteiger partial charge in [-0.3, -0.25) is 4.79 Å². The Hall–Kier alpha value is -2.09. The van der Waals surface area contributed by atoms with Crippen LogP contribution in [0, 0.1) is 0 Å². The van der Waals surface area contributed by atoms with E-state index in [2.05, 4.69) is 31.3 Å². The Morgan fingerprint density at radius 2 is 1.53 bits per heavy atom. The van der Waals surface area contributed by atoms with Gasteiger partial charge in [0.15, 0.2) is 0 Å². The minimum atomic E-state index is -0.339. The summed E-state index contributed by atoms with van der Waals surface area (Å²) < 4.78 is 0. The van der Waals surface area contributed by atoms with Crippen LogP contribution >= 0.6 is 0 Å². The van der Waals surface area contributed by atoms with Gasteiger partial charge in [-0.05, 0) is 31.0 Å². The van der Waals surface area contributed by atoms with Crippen molar-refractivity contribution in [1.82, 2.24) is 5.32 Å². The van der Waals surface area contributed by atoms with E-state index in [9.17, 15) is 4.79 Å². The standard InChI is InChI=1S/C17H19NO/c1-3-17(2,15-12-8-5-9-13-15)18-16(19)14-10-6-4-7-11-14/h4-13H,3H2,1-2H3,(H,18,19)/t17-/m0/s1. The zero-order valence-electron chi connectivity index (χ0n) is 11.4. The molecule has 0 heterocycles. The van der Waals surface area contributed by atoms with Gasteiger partial charge in [-0.15, -0.1) is 0 Å². The topological polar surface area (TPSA) is 29.1 Å². The molecule has 0 aliphatic heterocycles. The van der Waals surface area contributed by atoms with Crippen LogP contribution in [0.4, 0.5) is 0 Å². The summed E-state index contributed by atoms with van der Waals surface area (Å²) in [5, 5.41) is 3.14. The maximum atomic E-state index is 12.3. The average Bonchev–Trinajstić information content (AvgIpc) is 2.49. The van der Waals surface area contributed by atoms with Crippen LogP contribution in [0.2, 0.25) is 0 Å². The quantitative estimate of drug-likeness (QED) is 0.883. The van der Waals surface area contributed by atoms with Gasteiger partial charge in [-0.1, -0.05) is 55.5 Å². The lowest BCUT2D eigenvalue weighted by atomic mass is 9.89. The van der Waals surface area contributed by atoms with Gasteiger partial charge in [0.25, 0.3) is 5.91 Å². The van der Waals surface area contributed by atoms with Gasteiger partial charge < -0.3 is 5.32 Å². The molecule has 98 valence electrons. The molecule has 2 aromatic rings. The van der Waals surface area contributed by atoms with E-state index in [1.54, 1.807) is 0 Å². The van der Waals surface area contributed by atoms with Crippen molar-refractivity contribution in [1.29, 1.82) is 0 Å². The van der Waals surface area contributed by atoms with Gasteiger partial charge in [0.1, 0.15) is 0 Å². The summed E-state index contributed by atoms with van der Waals surface area (Å²) in [7, 11) is 0. The molecule has 0 radical (unpaired) electrons. The molecular weight excluding hydrogens is 234 g/mol. The van der Waals surface area contributed by atoms with E-state index in [0.29, 0.717) is 5.56 Å². The highest BCUT2D eigenvalue weighted by molar-refractivity contribution is 5.94. The largest absolute Gasteiger partial charge is 0.343 e. The SMILES string of the molecule is CC[C@](C)(NC(=O)c1ccccc1)c1ccccc1. The molecule has 2 aromatic carbocycles. The summed E-state index contributed by atoms with van der Waals surface area (Å²) in [4.78, 5) is 12.3. The zero-order chi connectivity index (χ0) is 13.7. The third kappa shape index (κ3) is 3.02. The first-order valence-corrected chi connectivity index (χ1v) is 6.59. The van der Waals surface area contributed by atoms with Crippen molar-refractivity contribution in [2.45, 2.75) is 25.8 Å². The number of benzene rings is 2. The summed E-state index contributed by atoms with van der Waals surface area (Å²) in [6.45, 7) is 4.14. The van der Waals surface area contributed by atoms with Crippen LogP contribution in [0.3, 0.4) is 0 Å². The molecule has 2 rings (SSSR count). The number of carbonyl (C=O) groups is 1. The van der Waals surface area contributed by atoms with Gasteiger partial charge in [0.2, 0.25) is 0 Å². The van der Waals surface area contributed by atoms with Crippen molar-refractivity contribution in [2.75, 3.05) is 0 Å². The molecular formula is C17H19NO. The molecule has 0 saturated heterocycles. The highest BCUT2D eigenvalue weighted by Gasteiger charge is 2.26. The van der Waals surface area contributed by atoms with E-state index in [-0.39, 0.29) is 11.4 Å². The van der Waals surface area contributed by atoms with Gasteiger partial charge >= 0.3 is 0 Å². The average molecular weight is 253 g/mol. The molecule has 0 aromatic heterocycles. The first kappa shape index (κ1) is 13.3. The summed E-state index contributed by atoms with van der Waals surface area (Å²) in [5.74, 6) is -0.0335. The third-order valence-corrected chi connectivity index (χ3v) is 3.54. The van der Waals surface area contributed by atoms with Crippen molar-refractivity contribution < 1.29 is 4.79 Å². The van der Waals surface area contributed by atoms with E-state index in [0.717, 1.165) is 12.0 Å². The molecule has 2 heteroatoms. The van der Waals surface area contributed by atoms with Crippen LogP contribution in [-0.4, -0.2) is 5.91 Å². The lowest BCUT2D eigenvalue weighted by Crippen LogP contribution is -2.43. The highest BCUT2D eigenvalue weighted by atomic mass is 16.1. The molecule has 0 aliphatic carbocycles. The molecule has 1 atom stereocenters. The van der Waals surface area contributed by atoms with Crippen LogP contribution in [0.5, 0.6) is 0 Å². The fourth-order valence-corrected chi connectivity index (χ4v) is 2.08. The Morgan fingerprint density at radius 1 is 1.00 bits per heavy atom. The van der Waals surface area contributed by atoms with Gasteiger partial charge in [0.05, 0.1) is 5.54 Å². The van der Waals surface area contributed by atoms with Crippen molar-refractivity contribution in [3.05, 3.63) is 71.8 Å². The molecule has 19 heavy (non-hydrogen) atoms. The highest BCUT2D eigenvalue weighted by Crippen LogP contribution is 2.24. The lowest BCUT2D eigenvalue weighted by Gasteiger charge is -2.30. The molecule has 0 spiro atoms. The second kappa shape index (κ2) is 5.70. The number of carbonyl (C=O) groups excluding carboxylic acids is 1. The van der Waals surface area contributed by atoms with Crippen molar-refractivity contribution in [3.8, 4) is 0 Å². The predicted molar refractivity (Wildman–Crippen MR) is 78.0 cm³/mol. The molecule has 1 N–H and O–H groups in total. The Balaban J connectivity index is 2.22. The van der Waals surface area contributed by atoms with Crippen molar-refractivity contribution in [3.63, 3.8) is 0 Å². The van der Waals surface area contributed by atoms with Crippen LogP contribution in [0.25, 0.3) is 0 Å². The maximum absolute atomic E-state index is 12.3. The Kier molecular flexibility index (Phi) is 4.00.